The van der Waals surface area contributed by atoms with Crippen LogP contribution in [0.15, 0.2) is 42.3 Å². The van der Waals surface area contributed by atoms with E-state index in [4.69, 9.17) is 4.98 Å². The predicted molar refractivity (Wildman–Crippen MR) is 102 cm³/mol. The van der Waals surface area contributed by atoms with E-state index in [1.54, 1.807) is 12.4 Å². The van der Waals surface area contributed by atoms with E-state index in [-0.39, 0.29) is 0 Å². The molecule has 2 unspecified atom stereocenters. The van der Waals surface area contributed by atoms with Crippen LogP contribution in [0, 0.1) is 5.92 Å². The summed E-state index contributed by atoms with van der Waals surface area (Å²) in [5, 5.41) is 7.02. The summed E-state index contributed by atoms with van der Waals surface area (Å²) in [6.07, 6.45) is 13.7. The molecule has 1 saturated heterocycles. The minimum absolute atomic E-state index is 0.312. The molecule has 3 heterocycles. The number of hydrogen-bond acceptors (Lipinski definition) is 5. The third-order valence-electron chi connectivity index (χ3n) is 5.10. The number of aromatic nitrogens is 3. The molecule has 1 aliphatic heterocycles. The first-order chi connectivity index (χ1) is 12.3. The second kappa shape index (κ2) is 7.31. The van der Waals surface area contributed by atoms with E-state index >= 15 is 0 Å². The van der Waals surface area contributed by atoms with Crippen molar-refractivity contribution in [1.29, 1.82) is 0 Å². The second-order valence-electron chi connectivity index (χ2n) is 7.06. The first-order valence-corrected chi connectivity index (χ1v) is 9.21. The summed E-state index contributed by atoms with van der Waals surface area (Å²) in [5.74, 6) is 1.82. The zero-order chi connectivity index (χ0) is 17.1. The van der Waals surface area contributed by atoms with Gasteiger partial charge in [0.2, 0.25) is 0 Å². The Bertz CT molecular complexity index is 805. The quantitative estimate of drug-likeness (QED) is 0.896. The summed E-state index contributed by atoms with van der Waals surface area (Å²) >= 11 is 0. The van der Waals surface area contributed by atoms with Crippen LogP contribution in [-0.4, -0.2) is 34.6 Å². The molecule has 0 radical (unpaired) electrons. The lowest BCUT2D eigenvalue weighted by molar-refractivity contribution is 0.392. The molecular formula is C20H25N5. The van der Waals surface area contributed by atoms with Crippen molar-refractivity contribution in [3.63, 3.8) is 0 Å². The van der Waals surface area contributed by atoms with Gasteiger partial charge in [-0.1, -0.05) is 23.8 Å². The van der Waals surface area contributed by atoms with Crippen LogP contribution in [-0.2, 0) is 0 Å². The van der Waals surface area contributed by atoms with Crippen LogP contribution in [0.5, 0.6) is 0 Å². The number of rotatable bonds is 4. The van der Waals surface area contributed by atoms with Gasteiger partial charge >= 0.3 is 0 Å². The minimum Gasteiger partial charge on any atom is -0.368 e. The zero-order valence-electron chi connectivity index (χ0n) is 14.7. The van der Waals surface area contributed by atoms with Gasteiger partial charge in [0.25, 0.3) is 0 Å². The number of hydrogen-bond donors (Lipinski definition) is 2. The molecule has 2 aromatic heterocycles. The summed E-state index contributed by atoms with van der Waals surface area (Å²) in [7, 11) is 0. The van der Waals surface area contributed by atoms with Crippen LogP contribution in [0.3, 0.4) is 0 Å². The van der Waals surface area contributed by atoms with Gasteiger partial charge in [-0.25, -0.2) is 9.97 Å². The third kappa shape index (κ3) is 3.71. The van der Waals surface area contributed by atoms with Crippen LogP contribution in [0.4, 0.5) is 5.82 Å². The largest absolute Gasteiger partial charge is 0.368 e. The number of nitrogens with zero attached hydrogens (tertiary/aromatic N) is 3. The van der Waals surface area contributed by atoms with E-state index < -0.39 is 0 Å². The van der Waals surface area contributed by atoms with Crippen LogP contribution in [0.2, 0.25) is 0 Å². The number of piperidine rings is 1. The van der Waals surface area contributed by atoms with Gasteiger partial charge in [-0.2, -0.15) is 0 Å². The molecule has 1 fully saturated rings. The summed E-state index contributed by atoms with van der Waals surface area (Å²) < 4.78 is 0. The average molecular weight is 335 g/mol. The molecule has 2 aromatic rings. The van der Waals surface area contributed by atoms with Crippen molar-refractivity contribution in [3.8, 4) is 0 Å². The molecule has 5 heteroatoms. The Kier molecular flexibility index (Phi) is 4.74. The zero-order valence-corrected chi connectivity index (χ0v) is 14.7. The lowest BCUT2D eigenvalue weighted by Gasteiger charge is -2.23. The monoisotopic (exact) mass is 335 g/mol. The fraction of sp³-hybridized carbons (Fsp3) is 0.450. The Morgan fingerprint density at radius 1 is 1.28 bits per heavy atom. The Morgan fingerprint density at radius 3 is 3.00 bits per heavy atom. The van der Waals surface area contributed by atoms with Crippen LogP contribution in [0.25, 0.3) is 11.0 Å². The Labute approximate surface area is 148 Å². The molecule has 5 nitrogen and oxygen atoms in total. The number of nitrogens with one attached hydrogen (secondary N) is 2. The van der Waals surface area contributed by atoms with Crippen molar-refractivity contribution >= 4 is 16.9 Å². The number of fused-ring (bicyclic) bond motifs is 1. The van der Waals surface area contributed by atoms with E-state index in [0.29, 0.717) is 11.8 Å². The Balaban J connectivity index is 1.61. The molecule has 0 bridgehead atoms. The maximum Gasteiger partial charge on any atom is 0.154 e. The SMILES string of the molecule is CC1=CCC(c2cc3nccnc3c(NCC3CCCNC3)n2)C=C1. The normalized spacial score (nSPS) is 23.5. The highest BCUT2D eigenvalue weighted by Crippen LogP contribution is 2.29. The fourth-order valence-electron chi connectivity index (χ4n) is 3.59. The van der Waals surface area contributed by atoms with E-state index in [9.17, 15) is 0 Å². The predicted octanol–water partition coefficient (Wildman–Crippen LogP) is 3.43. The van der Waals surface area contributed by atoms with E-state index in [0.717, 1.165) is 48.6 Å². The van der Waals surface area contributed by atoms with Crippen LogP contribution >= 0.6 is 0 Å². The van der Waals surface area contributed by atoms with Crippen molar-refractivity contribution in [2.75, 3.05) is 25.0 Å². The van der Waals surface area contributed by atoms with Gasteiger partial charge in [0.15, 0.2) is 5.82 Å². The Morgan fingerprint density at radius 2 is 2.20 bits per heavy atom. The molecule has 4 rings (SSSR count). The highest BCUT2D eigenvalue weighted by molar-refractivity contribution is 5.85. The first-order valence-electron chi connectivity index (χ1n) is 9.21. The second-order valence-corrected chi connectivity index (χ2v) is 7.06. The Hall–Kier alpha value is -2.27. The van der Waals surface area contributed by atoms with Gasteiger partial charge in [-0.05, 0) is 51.3 Å². The van der Waals surface area contributed by atoms with Crippen molar-refractivity contribution < 1.29 is 0 Å². The van der Waals surface area contributed by atoms with Gasteiger partial charge in [0.1, 0.15) is 5.52 Å². The van der Waals surface area contributed by atoms with E-state index in [1.165, 1.54) is 18.4 Å². The molecule has 2 N–H and O–H groups in total. The van der Waals surface area contributed by atoms with Gasteiger partial charge in [-0.15, -0.1) is 0 Å². The number of pyridine rings is 1. The molecule has 1 aliphatic carbocycles. The maximum atomic E-state index is 4.92. The summed E-state index contributed by atoms with van der Waals surface area (Å²) in [5.41, 5.74) is 4.16. The minimum atomic E-state index is 0.312. The van der Waals surface area contributed by atoms with E-state index in [2.05, 4.69) is 51.8 Å². The molecule has 2 atom stereocenters. The van der Waals surface area contributed by atoms with Crippen molar-refractivity contribution in [3.05, 3.63) is 48.0 Å². The third-order valence-corrected chi connectivity index (χ3v) is 5.10. The highest BCUT2D eigenvalue weighted by atomic mass is 15.0. The van der Waals surface area contributed by atoms with Gasteiger partial charge in [0, 0.05) is 24.9 Å². The summed E-state index contributed by atoms with van der Waals surface area (Å²) in [6, 6.07) is 2.08. The number of anilines is 1. The number of allylic oxidation sites excluding steroid dienone is 4. The van der Waals surface area contributed by atoms with Crippen molar-refractivity contribution in [2.45, 2.75) is 32.1 Å². The standard InChI is InChI=1S/C20H25N5/c1-14-4-6-16(7-5-14)17-11-18-19(23-10-9-22-18)20(25-17)24-13-15-3-2-8-21-12-15/h4-6,9-11,15-16,21H,2-3,7-8,12-13H2,1H3,(H,24,25). The molecule has 0 spiro atoms. The smallest absolute Gasteiger partial charge is 0.154 e. The van der Waals surface area contributed by atoms with Crippen LogP contribution in [0.1, 0.15) is 37.8 Å². The molecule has 25 heavy (non-hydrogen) atoms. The maximum absolute atomic E-state index is 4.92. The molecule has 0 saturated carbocycles. The lowest BCUT2D eigenvalue weighted by atomic mass is 9.93. The van der Waals surface area contributed by atoms with Gasteiger partial charge in [0.05, 0.1) is 11.2 Å². The van der Waals surface area contributed by atoms with Gasteiger partial charge in [-0.3, -0.25) is 4.98 Å². The van der Waals surface area contributed by atoms with Gasteiger partial charge < -0.3 is 10.6 Å². The van der Waals surface area contributed by atoms with Crippen LogP contribution < -0.4 is 10.6 Å². The molecule has 0 amide bonds. The van der Waals surface area contributed by atoms with E-state index in [1.807, 2.05) is 0 Å². The van der Waals surface area contributed by atoms with Crippen molar-refractivity contribution in [2.24, 2.45) is 5.92 Å². The first kappa shape index (κ1) is 16.2. The van der Waals surface area contributed by atoms with Crippen molar-refractivity contribution in [1.82, 2.24) is 20.3 Å². The average Bonchev–Trinajstić information content (AvgIpc) is 2.67. The highest BCUT2D eigenvalue weighted by Gasteiger charge is 2.17. The molecular weight excluding hydrogens is 310 g/mol. The summed E-state index contributed by atoms with van der Waals surface area (Å²) in [4.78, 5) is 13.9. The summed E-state index contributed by atoms with van der Waals surface area (Å²) in [6.45, 7) is 5.27. The molecule has 0 aromatic carbocycles. The lowest BCUT2D eigenvalue weighted by Crippen LogP contribution is -2.33. The molecule has 130 valence electrons. The molecule has 2 aliphatic rings. The fourth-order valence-corrected chi connectivity index (χ4v) is 3.59. The topological polar surface area (TPSA) is 62.7 Å².